The van der Waals surface area contributed by atoms with Crippen LogP contribution in [0.15, 0.2) is 60.9 Å². The number of piperidine rings is 2. The van der Waals surface area contributed by atoms with E-state index in [1.54, 1.807) is 12.1 Å². The molecule has 2 aliphatic rings. The lowest BCUT2D eigenvalue weighted by atomic mass is 9.65. The number of benzene rings is 2. The maximum absolute atomic E-state index is 13.4. The molecule has 3 atom stereocenters. The van der Waals surface area contributed by atoms with Crippen molar-refractivity contribution in [1.82, 2.24) is 15.1 Å². The average molecular weight is 424 g/mol. The Morgan fingerprint density at radius 3 is 2.32 bits per heavy atom. The number of halogens is 1. The van der Waals surface area contributed by atoms with Gasteiger partial charge in [0.05, 0.1) is 11.9 Å². The van der Waals surface area contributed by atoms with Gasteiger partial charge < -0.3 is 19.9 Å². The largest absolute Gasteiger partial charge is 0.491 e. The number of nitrogens with zero attached hydrogens (tertiary/aromatic N) is 2. The summed E-state index contributed by atoms with van der Waals surface area (Å²) in [4.78, 5) is 4.84. The first-order valence-corrected chi connectivity index (χ1v) is 11.3. The third-order valence-electron chi connectivity index (χ3n) is 6.43. The number of hydrogen-bond donors (Lipinski definition) is 1. The van der Waals surface area contributed by atoms with Crippen molar-refractivity contribution in [1.29, 1.82) is 0 Å². The molecule has 1 saturated carbocycles. The fourth-order valence-corrected chi connectivity index (χ4v) is 5.04. The molecule has 2 bridgehead atoms. The van der Waals surface area contributed by atoms with Gasteiger partial charge >= 0.3 is 0 Å². The minimum atomic E-state index is -0.195. The summed E-state index contributed by atoms with van der Waals surface area (Å²) in [6, 6.07) is 15.5. The Morgan fingerprint density at radius 2 is 1.71 bits per heavy atom. The number of likely N-dealkylation sites (tertiary alicyclic amines) is 1. The van der Waals surface area contributed by atoms with Gasteiger partial charge in [-0.1, -0.05) is 30.8 Å². The number of nitrogens with one attached hydrogen (secondary N) is 1. The van der Waals surface area contributed by atoms with Crippen molar-refractivity contribution >= 4 is 0 Å². The van der Waals surface area contributed by atoms with E-state index in [2.05, 4.69) is 40.9 Å². The SMILES string of the molecule is C=C(NCc1ccc(OC(C)C)cc1)N(Cc1ccc(F)cc1)C1[C@@H]2C[C@H]1CN(C)C2. The van der Waals surface area contributed by atoms with E-state index >= 15 is 0 Å². The van der Waals surface area contributed by atoms with Crippen molar-refractivity contribution < 1.29 is 9.13 Å². The van der Waals surface area contributed by atoms with Gasteiger partial charge in [-0.3, -0.25) is 0 Å². The summed E-state index contributed by atoms with van der Waals surface area (Å²) in [7, 11) is 2.21. The summed E-state index contributed by atoms with van der Waals surface area (Å²) in [5.41, 5.74) is 2.30. The van der Waals surface area contributed by atoms with Crippen LogP contribution in [-0.2, 0) is 13.1 Å². The fourth-order valence-electron chi connectivity index (χ4n) is 5.04. The van der Waals surface area contributed by atoms with Gasteiger partial charge in [-0.2, -0.15) is 0 Å². The highest BCUT2D eigenvalue weighted by Gasteiger charge is 2.48. The van der Waals surface area contributed by atoms with Crippen LogP contribution in [0.25, 0.3) is 0 Å². The van der Waals surface area contributed by atoms with Gasteiger partial charge in [0.25, 0.3) is 0 Å². The first-order valence-electron chi connectivity index (χ1n) is 11.3. The quantitative estimate of drug-likeness (QED) is 0.637. The van der Waals surface area contributed by atoms with Crippen molar-refractivity contribution in [3.63, 3.8) is 0 Å². The van der Waals surface area contributed by atoms with Gasteiger partial charge in [-0.25, -0.2) is 4.39 Å². The summed E-state index contributed by atoms with van der Waals surface area (Å²) in [5.74, 6) is 2.96. The third-order valence-corrected chi connectivity index (χ3v) is 6.43. The predicted octanol–water partition coefficient (Wildman–Crippen LogP) is 4.63. The maximum Gasteiger partial charge on any atom is 0.123 e. The summed E-state index contributed by atoms with van der Waals surface area (Å²) in [6.07, 6.45) is 1.46. The minimum absolute atomic E-state index is 0.171. The molecular weight excluding hydrogens is 389 g/mol. The van der Waals surface area contributed by atoms with Gasteiger partial charge in [0, 0.05) is 32.2 Å². The van der Waals surface area contributed by atoms with Crippen LogP contribution in [0, 0.1) is 17.7 Å². The molecule has 166 valence electrons. The monoisotopic (exact) mass is 423 g/mol. The Hall–Kier alpha value is -2.53. The van der Waals surface area contributed by atoms with E-state index in [0.717, 1.165) is 36.8 Å². The van der Waals surface area contributed by atoms with Crippen LogP contribution >= 0.6 is 0 Å². The van der Waals surface area contributed by atoms with E-state index in [1.165, 1.54) is 12.0 Å². The molecule has 0 aromatic heterocycles. The first kappa shape index (κ1) is 21.7. The van der Waals surface area contributed by atoms with Crippen molar-refractivity contribution in [3.8, 4) is 5.75 Å². The molecule has 5 heteroatoms. The van der Waals surface area contributed by atoms with Crippen LogP contribution in [0.4, 0.5) is 4.39 Å². The highest BCUT2D eigenvalue weighted by atomic mass is 19.1. The smallest absolute Gasteiger partial charge is 0.123 e. The molecule has 1 unspecified atom stereocenters. The first-order chi connectivity index (χ1) is 14.9. The molecule has 0 radical (unpaired) electrons. The van der Waals surface area contributed by atoms with E-state index < -0.39 is 0 Å². The van der Waals surface area contributed by atoms with E-state index in [0.29, 0.717) is 24.4 Å². The Kier molecular flexibility index (Phi) is 6.51. The molecule has 2 aromatic rings. The summed E-state index contributed by atoms with van der Waals surface area (Å²) < 4.78 is 19.1. The van der Waals surface area contributed by atoms with E-state index in [1.807, 2.05) is 38.1 Å². The molecule has 2 fully saturated rings. The molecule has 2 aromatic carbocycles. The van der Waals surface area contributed by atoms with Gasteiger partial charge in [-0.15, -0.1) is 0 Å². The second-order valence-electron chi connectivity index (χ2n) is 9.33. The van der Waals surface area contributed by atoms with Crippen LogP contribution in [0.2, 0.25) is 0 Å². The second-order valence-corrected chi connectivity index (χ2v) is 9.33. The lowest BCUT2D eigenvalue weighted by Crippen LogP contribution is -2.63. The molecule has 1 N–H and O–H groups in total. The van der Waals surface area contributed by atoms with Crippen molar-refractivity contribution in [2.45, 2.75) is 45.5 Å². The molecule has 4 nitrogen and oxygen atoms in total. The summed E-state index contributed by atoms with van der Waals surface area (Å²) >= 11 is 0. The molecule has 31 heavy (non-hydrogen) atoms. The highest BCUT2D eigenvalue weighted by molar-refractivity contribution is 5.28. The molecule has 1 saturated heterocycles. The zero-order chi connectivity index (χ0) is 22.0. The molecule has 0 spiro atoms. The fraction of sp³-hybridized carbons (Fsp3) is 0.462. The van der Waals surface area contributed by atoms with Crippen LogP contribution < -0.4 is 10.1 Å². The number of fused-ring (bicyclic) bond motifs is 2. The molecular formula is C26H34FN3O. The van der Waals surface area contributed by atoms with Crippen molar-refractivity contribution in [3.05, 3.63) is 77.9 Å². The zero-order valence-corrected chi connectivity index (χ0v) is 18.9. The van der Waals surface area contributed by atoms with Crippen LogP contribution in [0.3, 0.4) is 0 Å². The summed E-state index contributed by atoms with van der Waals surface area (Å²) in [5, 5.41) is 3.54. The van der Waals surface area contributed by atoms with Crippen LogP contribution in [0.1, 0.15) is 31.4 Å². The Balaban J connectivity index is 1.43. The number of ether oxygens (including phenoxy) is 1. The van der Waals surface area contributed by atoms with Crippen molar-refractivity contribution in [2.24, 2.45) is 11.8 Å². The Bertz CT molecular complexity index is 869. The Labute approximate surface area is 185 Å². The molecule has 4 rings (SSSR count). The number of hydrogen-bond acceptors (Lipinski definition) is 4. The lowest BCUT2D eigenvalue weighted by Gasteiger charge is -2.57. The van der Waals surface area contributed by atoms with Crippen LogP contribution in [0.5, 0.6) is 5.75 Å². The Morgan fingerprint density at radius 1 is 1.10 bits per heavy atom. The second kappa shape index (κ2) is 9.31. The molecule has 1 aliphatic heterocycles. The topological polar surface area (TPSA) is 27.7 Å². The molecule has 1 heterocycles. The predicted molar refractivity (Wildman–Crippen MR) is 123 cm³/mol. The normalized spacial score (nSPS) is 22.7. The van der Waals surface area contributed by atoms with Crippen LogP contribution in [-0.4, -0.2) is 42.1 Å². The average Bonchev–Trinajstić information content (AvgIpc) is 2.73. The van der Waals surface area contributed by atoms with Gasteiger partial charge in [0.2, 0.25) is 0 Å². The van der Waals surface area contributed by atoms with Gasteiger partial charge in [0.1, 0.15) is 11.6 Å². The van der Waals surface area contributed by atoms with Gasteiger partial charge in [0.15, 0.2) is 0 Å². The summed E-state index contributed by atoms with van der Waals surface area (Å²) in [6.45, 7) is 12.2. The standard InChI is InChI=1S/C26H34FN3O/c1-18(2)31-25-11-7-20(8-12-25)14-28-19(3)30(15-21-5-9-24(27)10-6-21)26-22-13-23(26)17-29(4)16-22/h5-12,18,22-23,26,28H,3,13-17H2,1-2,4H3/t22-,23+,26?. The van der Waals surface area contributed by atoms with E-state index in [9.17, 15) is 4.39 Å². The van der Waals surface area contributed by atoms with Gasteiger partial charge in [-0.05, 0) is 74.5 Å². The van der Waals surface area contributed by atoms with E-state index in [4.69, 9.17) is 4.74 Å². The molecule has 0 amide bonds. The number of rotatable bonds is 9. The lowest BCUT2D eigenvalue weighted by molar-refractivity contribution is -0.0609. The third kappa shape index (κ3) is 5.21. The molecule has 1 aliphatic carbocycles. The van der Waals surface area contributed by atoms with E-state index in [-0.39, 0.29) is 11.9 Å². The highest BCUT2D eigenvalue weighted by Crippen LogP contribution is 2.44. The zero-order valence-electron chi connectivity index (χ0n) is 18.9. The van der Waals surface area contributed by atoms with Crippen molar-refractivity contribution in [2.75, 3.05) is 20.1 Å². The minimum Gasteiger partial charge on any atom is -0.491 e. The maximum atomic E-state index is 13.4.